The van der Waals surface area contributed by atoms with Crippen LogP contribution in [0.3, 0.4) is 0 Å². The molecule has 0 saturated carbocycles. The van der Waals surface area contributed by atoms with Gasteiger partial charge in [-0.15, -0.1) is 0 Å². The third-order valence-electron chi connectivity index (χ3n) is 3.52. The summed E-state index contributed by atoms with van der Waals surface area (Å²) in [6, 6.07) is 10.2. The van der Waals surface area contributed by atoms with Crippen molar-refractivity contribution in [2.45, 2.75) is 19.8 Å². The zero-order valence-corrected chi connectivity index (χ0v) is 12.4. The first-order valence-electron chi connectivity index (χ1n) is 6.79. The van der Waals surface area contributed by atoms with Gasteiger partial charge in [0, 0.05) is 18.8 Å². The van der Waals surface area contributed by atoms with Gasteiger partial charge in [0.1, 0.15) is 11.5 Å². The number of nitrogens with zero attached hydrogens (tertiary/aromatic N) is 1. The van der Waals surface area contributed by atoms with Gasteiger partial charge < -0.3 is 15.1 Å². The molecule has 0 atom stereocenters. The van der Waals surface area contributed by atoms with Gasteiger partial charge in [-0.05, 0) is 35.7 Å². The summed E-state index contributed by atoms with van der Waals surface area (Å²) in [6.45, 7) is 4.09. The Balaban J connectivity index is 2.52. The van der Waals surface area contributed by atoms with Crippen LogP contribution in [0.2, 0.25) is 0 Å². The van der Waals surface area contributed by atoms with Gasteiger partial charge in [0.15, 0.2) is 6.29 Å². The summed E-state index contributed by atoms with van der Waals surface area (Å²) >= 11 is 0. The number of hydrogen-bond acceptors (Lipinski definition) is 4. The van der Waals surface area contributed by atoms with Crippen molar-refractivity contribution in [3.8, 4) is 11.5 Å². The molecule has 2 N–H and O–H groups in total. The summed E-state index contributed by atoms with van der Waals surface area (Å²) in [4.78, 5) is 13.0. The first-order chi connectivity index (χ1) is 9.93. The zero-order valence-electron chi connectivity index (χ0n) is 12.4. The first kappa shape index (κ1) is 14.9. The van der Waals surface area contributed by atoms with Crippen molar-refractivity contribution in [2.24, 2.45) is 0 Å². The molecular weight excluding hydrogens is 266 g/mol. The highest BCUT2D eigenvalue weighted by Crippen LogP contribution is 2.34. The predicted molar refractivity (Wildman–Crippen MR) is 83.8 cm³/mol. The smallest absolute Gasteiger partial charge is 0.155 e. The molecule has 0 radical (unpaired) electrons. The van der Waals surface area contributed by atoms with E-state index in [2.05, 4.69) is 0 Å². The number of phenols is 2. The minimum absolute atomic E-state index is 0.0569. The Morgan fingerprint density at radius 2 is 1.86 bits per heavy atom. The van der Waals surface area contributed by atoms with Crippen LogP contribution in [0.5, 0.6) is 11.5 Å². The fraction of sp³-hybridized carbons (Fsp3) is 0.235. The van der Waals surface area contributed by atoms with Crippen LogP contribution in [0.15, 0.2) is 36.4 Å². The molecule has 0 unspecified atom stereocenters. The Labute approximate surface area is 124 Å². The lowest BCUT2D eigenvalue weighted by Gasteiger charge is -2.23. The van der Waals surface area contributed by atoms with E-state index in [4.69, 9.17) is 0 Å². The summed E-state index contributed by atoms with van der Waals surface area (Å²) in [6.07, 6.45) is 0.632. The van der Waals surface area contributed by atoms with E-state index >= 15 is 0 Å². The van der Waals surface area contributed by atoms with Crippen LogP contribution in [0.1, 0.15) is 35.7 Å². The molecule has 0 aromatic heterocycles. The molecule has 0 aliphatic carbocycles. The Morgan fingerprint density at radius 3 is 2.48 bits per heavy atom. The molecular formula is C17H19NO3. The molecule has 2 aromatic carbocycles. The quantitative estimate of drug-likeness (QED) is 0.839. The van der Waals surface area contributed by atoms with Crippen molar-refractivity contribution < 1.29 is 15.0 Å². The van der Waals surface area contributed by atoms with Crippen molar-refractivity contribution >= 4 is 17.7 Å². The minimum Gasteiger partial charge on any atom is -0.508 e. The second-order valence-electron chi connectivity index (χ2n) is 5.32. The SMILES string of the molecule is CC(C)c1cc(O)cc(N(C)c2cccc(O)c2C=O)c1. The lowest BCUT2D eigenvalue weighted by atomic mass is 10.0. The van der Waals surface area contributed by atoms with Crippen LogP contribution < -0.4 is 4.90 Å². The van der Waals surface area contributed by atoms with Gasteiger partial charge in [0.25, 0.3) is 0 Å². The van der Waals surface area contributed by atoms with Gasteiger partial charge in [-0.3, -0.25) is 4.79 Å². The van der Waals surface area contributed by atoms with Gasteiger partial charge in [0.05, 0.1) is 11.3 Å². The van der Waals surface area contributed by atoms with Crippen molar-refractivity contribution in [1.29, 1.82) is 0 Å². The second-order valence-corrected chi connectivity index (χ2v) is 5.32. The molecule has 0 aliphatic heterocycles. The number of carbonyl (C=O) groups is 1. The van der Waals surface area contributed by atoms with Gasteiger partial charge in [0.2, 0.25) is 0 Å². The molecule has 110 valence electrons. The van der Waals surface area contributed by atoms with Gasteiger partial charge in [-0.1, -0.05) is 19.9 Å². The maximum atomic E-state index is 11.2. The number of hydrogen-bond donors (Lipinski definition) is 2. The third-order valence-corrected chi connectivity index (χ3v) is 3.52. The largest absolute Gasteiger partial charge is 0.508 e. The number of phenolic OH excluding ortho intramolecular Hbond substituents is 2. The van der Waals surface area contributed by atoms with Crippen LogP contribution >= 0.6 is 0 Å². The van der Waals surface area contributed by atoms with E-state index in [-0.39, 0.29) is 23.0 Å². The molecule has 2 aromatic rings. The second kappa shape index (κ2) is 5.87. The summed E-state index contributed by atoms with van der Waals surface area (Å²) in [7, 11) is 1.79. The van der Waals surface area contributed by atoms with Crippen molar-refractivity contribution in [3.05, 3.63) is 47.5 Å². The number of aromatic hydroxyl groups is 2. The molecule has 0 amide bonds. The lowest BCUT2D eigenvalue weighted by Crippen LogP contribution is -2.12. The average molecular weight is 285 g/mol. The molecule has 21 heavy (non-hydrogen) atoms. The molecule has 2 rings (SSSR count). The molecule has 0 saturated heterocycles. The van der Waals surface area contributed by atoms with Gasteiger partial charge in [-0.25, -0.2) is 0 Å². The van der Waals surface area contributed by atoms with Crippen LogP contribution in [-0.2, 0) is 0 Å². The normalized spacial score (nSPS) is 10.7. The molecule has 0 spiro atoms. The van der Waals surface area contributed by atoms with E-state index < -0.39 is 0 Å². The fourth-order valence-corrected chi connectivity index (χ4v) is 2.24. The standard InChI is InChI=1S/C17H19NO3/c1-11(2)12-7-13(9-14(20)8-12)18(3)16-5-4-6-17(21)15(16)10-19/h4-11,20-21H,1-3H3. The first-order valence-corrected chi connectivity index (χ1v) is 6.79. The summed E-state index contributed by atoms with van der Waals surface area (Å²) in [5.74, 6) is 0.397. The van der Waals surface area contributed by atoms with Crippen molar-refractivity contribution in [1.82, 2.24) is 0 Å². The maximum absolute atomic E-state index is 11.2. The summed E-state index contributed by atoms with van der Waals surface area (Å²) < 4.78 is 0. The number of aldehydes is 1. The van der Waals surface area contributed by atoms with Crippen LogP contribution in [0, 0.1) is 0 Å². The van der Waals surface area contributed by atoms with Crippen LogP contribution in [-0.4, -0.2) is 23.5 Å². The fourth-order valence-electron chi connectivity index (χ4n) is 2.24. The average Bonchev–Trinajstić information content (AvgIpc) is 2.45. The van der Waals surface area contributed by atoms with E-state index in [0.29, 0.717) is 12.0 Å². The van der Waals surface area contributed by atoms with Gasteiger partial charge in [-0.2, -0.15) is 0 Å². The minimum atomic E-state index is -0.0569. The maximum Gasteiger partial charge on any atom is 0.155 e. The summed E-state index contributed by atoms with van der Waals surface area (Å²) in [5, 5.41) is 19.7. The molecule has 0 aliphatic rings. The molecule has 0 fully saturated rings. The summed E-state index contributed by atoms with van der Waals surface area (Å²) in [5.41, 5.74) is 2.58. The Hall–Kier alpha value is -2.49. The lowest BCUT2D eigenvalue weighted by molar-refractivity contribution is 0.112. The van der Waals surface area contributed by atoms with Crippen molar-refractivity contribution in [2.75, 3.05) is 11.9 Å². The number of benzene rings is 2. The Kier molecular flexibility index (Phi) is 4.17. The molecule has 0 bridgehead atoms. The number of rotatable bonds is 4. The molecule has 4 heteroatoms. The van der Waals surface area contributed by atoms with Crippen LogP contribution in [0.25, 0.3) is 0 Å². The van der Waals surface area contributed by atoms with Crippen LogP contribution in [0.4, 0.5) is 11.4 Å². The Morgan fingerprint density at radius 1 is 1.14 bits per heavy atom. The third kappa shape index (κ3) is 2.99. The number of anilines is 2. The van der Waals surface area contributed by atoms with E-state index in [1.807, 2.05) is 19.9 Å². The monoisotopic (exact) mass is 285 g/mol. The predicted octanol–water partition coefficient (Wildman–Crippen LogP) is 3.80. The van der Waals surface area contributed by atoms with E-state index in [9.17, 15) is 15.0 Å². The zero-order chi connectivity index (χ0) is 15.6. The Bertz CT molecular complexity index is 665. The number of carbonyl (C=O) groups excluding carboxylic acids is 1. The van der Waals surface area contributed by atoms with Gasteiger partial charge >= 0.3 is 0 Å². The molecule has 4 nitrogen and oxygen atoms in total. The van der Waals surface area contributed by atoms with E-state index in [1.54, 1.807) is 36.2 Å². The topological polar surface area (TPSA) is 60.8 Å². The highest BCUT2D eigenvalue weighted by Gasteiger charge is 2.14. The highest BCUT2D eigenvalue weighted by molar-refractivity contribution is 5.90. The van der Waals surface area contributed by atoms with Crippen molar-refractivity contribution in [3.63, 3.8) is 0 Å². The van der Waals surface area contributed by atoms with E-state index in [1.165, 1.54) is 6.07 Å². The highest BCUT2D eigenvalue weighted by atomic mass is 16.3. The molecule has 0 heterocycles. The van der Waals surface area contributed by atoms with E-state index in [0.717, 1.165) is 11.3 Å².